The van der Waals surface area contributed by atoms with Crippen molar-refractivity contribution in [1.82, 2.24) is 0 Å². The average molecular weight is 134 g/mol. The first-order chi connectivity index (χ1) is 4.00. The molecule has 0 amide bonds. The third-order valence-electron chi connectivity index (χ3n) is 1.16. The van der Waals surface area contributed by atoms with Crippen molar-refractivity contribution < 1.29 is 8.78 Å². The van der Waals surface area contributed by atoms with Crippen molar-refractivity contribution in [3.05, 3.63) is 12.2 Å². The Balaban J connectivity index is 4.01. The van der Waals surface area contributed by atoms with Crippen LogP contribution in [-0.2, 0) is 0 Å². The van der Waals surface area contributed by atoms with Crippen molar-refractivity contribution in [3.8, 4) is 0 Å². The molecular weight excluding hydrogens is 122 g/mol. The predicted molar refractivity (Wildman–Crippen MR) is 34.6 cm³/mol. The van der Waals surface area contributed by atoms with E-state index in [9.17, 15) is 8.78 Å². The summed E-state index contributed by atoms with van der Waals surface area (Å²) in [5.41, 5.74) is -0.964. The van der Waals surface area contributed by atoms with Crippen LogP contribution in [0.3, 0.4) is 0 Å². The van der Waals surface area contributed by atoms with E-state index in [4.69, 9.17) is 0 Å². The van der Waals surface area contributed by atoms with Gasteiger partial charge in [0.05, 0.1) is 0 Å². The quantitative estimate of drug-likeness (QED) is 0.509. The van der Waals surface area contributed by atoms with Crippen molar-refractivity contribution >= 4 is 0 Å². The molecule has 0 nitrogen and oxygen atoms in total. The summed E-state index contributed by atoms with van der Waals surface area (Å²) in [7, 11) is 0. The molecule has 0 aliphatic rings. The van der Waals surface area contributed by atoms with Gasteiger partial charge in [-0.1, -0.05) is 26.0 Å². The van der Waals surface area contributed by atoms with Crippen LogP contribution in [0.1, 0.15) is 20.8 Å². The molecular formula is C7H12F2. The Morgan fingerprint density at radius 2 is 1.78 bits per heavy atom. The zero-order chi connectivity index (χ0) is 7.49. The van der Waals surface area contributed by atoms with E-state index in [0.717, 1.165) is 0 Å². The molecule has 0 aromatic heterocycles. The van der Waals surface area contributed by atoms with Crippen molar-refractivity contribution in [3.63, 3.8) is 0 Å². The first-order valence-electron chi connectivity index (χ1n) is 2.92. The fourth-order valence-electron chi connectivity index (χ4n) is 0.502. The van der Waals surface area contributed by atoms with Gasteiger partial charge < -0.3 is 0 Å². The molecule has 0 atom stereocenters. The van der Waals surface area contributed by atoms with E-state index in [2.05, 4.69) is 0 Å². The summed E-state index contributed by atoms with van der Waals surface area (Å²) >= 11 is 0. The smallest absolute Gasteiger partial charge is 0.210 e. The van der Waals surface area contributed by atoms with Gasteiger partial charge in [0.2, 0.25) is 6.43 Å². The Morgan fingerprint density at radius 3 is 1.89 bits per heavy atom. The normalized spacial score (nSPS) is 13.6. The first-order valence-corrected chi connectivity index (χ1v) is 2.92. The maximum atomic E-state index is 11.9. The molecule has 0 aromatic rings. The van der Waals surface area contributed by atoms with Crippen LogP contribution < -0.4 is 0 Å². The summed E-state index contributed by atoms with van der Waals surface area (Å²) < 4.78 is 23.9. The molecule has 0 N–H and O–H groups in total. The van der Waals surface area contributed by atoms with Crippen LogP contribution in [0.15, 0.2) is 12.2 Å². The van der Waals surface area contributed by atoms with Gasteiger partial charge in [-0.2, -0.15) is 0 Å². The topological polar surface area (TPSA) is 0 Å². The Labute approximate surface area is 54.6 Å². The van der Waals surface area contributed by atoms with E-state index in [1.807, 2.05) is 0 Å². The van der Waals surface area contributed by atoms with Gasteiger partial charge in [-0.05, 0) is 6.92 Å². The van der Waals surface area contributed by atoms with Gasteiger partial charge in [-0.3, -0.25) is 0 Å². The fourth-order valence-corrected chi connectivity index (χ4v) is 0.502. The molecule has 0 saturated carbocycles. The Hall–Kier alpha value is -0.400. The van der Waals surface area contributed by atoms with Crippen molar-refractivity contribution in [2.75, 3.05) is 0 Å². The monoisotopic (exact) mass is 134 g/mol. The van der Waals surface area contributed by atoms with E-state index < -0.39 is 11.8 Å². The number of alkyl halides is 2. The standard InChI is InChI=1S/C7H12F2/c1-4-5-7(2,3)6(8)9/h4-6H,1-3H3/b5-4+. The van der Waals surface area contributed by atoms with Crippen LogP contribution in [0, 0.1) is 5.41 Å². The maximum Gasteiger partial charge on any atom is 0.247 e. The summed E-state index contributed by atoms with van der Waals surface area (Å²) in [6.45, 7) is 4.76. The van der Waals surface area contributed by atoms with Crippen LogP contribution in [0.2, 0.25) is 0 Å². The molecule has 0 heterocycles. The zero-order valence-electron chi connectivity index (χ0n) is 5.99. The first kappa shape index (κ1) is 8.60. The molecule has 0 bridgehead atoms. The summed E-state index contributed by atoms with van der Waals surface area (Å²) in [4.78, 5) is 0. The van der Waals surface area contributed by atoms with Gasteiger partial charge in [0, 0.05) is 5.41 Å². The van der Waals surface area contributed by atoms with Crippen molar-refractivity contribution in [2.45, 2.75) is 27.2 Å². The van der Waals surface area contributed by atoms with Crippen molar-refractivity contribution in [1.29, 1.82) is 0 Å². The molecule has 0 spiro atoms. The summed E-state index contributed by atoms with van der Waals surface area (Å²) in [5, 5.41) is 0. The Kier molecular flexibility index (Phi) is 2.82. The molecule has 0 rings (SSSR count). The third kappa shape index (κ3) is 2.59. The largest absolute Gasteiger partial charge is 0.247 e. The van der Waals surface area contributed by atoms with E-state index >= 15 is 0 Å². The molecule has 2 heteroatoms. The maximum absolute atomic E-state index is 11.9. The highest BCUT2D eigenvalue weighted by Gasteiger charge is 2.25. The number of allylic oxidation sites excluding steroid dienone is 2. The van der Waals surface area contributed by atoms with Gasteiger partial charge in [0.1, 0.15) is 0 Å². The molecule has 0 unspecified atom stereocenters. The molecule has 0 aliphatic carbocycles. The van der Waals surface area contributed by atoms with Crippen LogP contribution in [0.25, 0.3) is 0 Å². The second-order valence-corrected chi connectivity index (χ2v) is 2.62. The highest BCUT2D eigenvalue weighted by molar-refractivity contribution is 4.94. The lowest BCUT2D eigenvalue weighted by Crippen LogP contribution is -2.18. The molecule has 0 fully saturated rings. The summed E-state index contributed by atoms with van der Waals surface area (Å²) in [6, 6.07) is 0. The van der Waals surface area contributed by atoms with Gasteiger partial charge in [-0.25, -0.2) is 8.78 Å². The van der Waals surface area contributed by atoms with Crippen LogP contribution in [-0.4, -0.2) is 6.43 Å². The molecule has 9 heavy (non-hydrogen) atoms. The van der Waals surface area contributed by atoms with Gasteiger partial charge in [-0.15, -0.1) is 0 Å². The minimum atomic E-state index is -2.27. The summed E-state index contributed by atoms with van der Waals surface area (Å²) in [5.74, 6) is 0. The van der Waals surface area contributed by atoms with E-state index in [-0.39, 0.29) is 0 Å². The number of hydrogen-bond donors (Lipinski definition) is 0. The number of hydrogen-bond acceptors (Lipinski definition) is 0. The van der Waals surface area contributed by atoms with Gasteiger partial charge in [0.15, 0.2) is 0 Å². The van der Waals surface area contributed by atoms with Crippen molar-refractivity contribution in [2.24, 2.45) is 5.41 Å². The molecule has 0 aromatic carbocycles. The van der Waals surface area contributed by atoms with Crippen LogP contribution in [0.4, 0.5) is 8.78 Å². The Morgan fingerprint density at radius 1 is 1.33 bits per heavy atom. The third-order valence-corrected chi connectivity index (χ3v) is 1.16. The fraction of sp³-hybridized carbons (Fsp3) is 0.714. The van der Waals surface area contributed by atoms with Gasteiger partial charge >= 0.3 is 0 Å². The second kappa shape index (κ2) is 2.95. The molecule has 0 radical (unpaired) electrons. The highest BCUT2D eigenvalue weighted by Crippen LogP contribution is 2.25. The van der Waals surface area contributed by atoms with E-state index in [1.54, 1.807) is 13.0 Å². The molecule has 54 valence electrons. The zero-order valence-corrected chi connectivity index (χ0v) is 5.99. The minimum absolute atomic E-state index is 0.964. The highest BCUT2D eigenvalue weighted by atomic mass is 19.3. The SMILES string of the molecule is C/C=C/C(C)(C)C(F)F. The number of halogens is 2. The molecule has 0 aliphatic heterocycles. The predicted octanol–water partition coefficient (Wildman–Crippen LogP) is 2.85. The molecule has 0 saturated heterocycles. The van der Waals surface area contributed by atoms with E-state index in [1.165, 1.54) is 19.9 Å². The lowest BCUT2D eigenvalue weighted by molar-refractivity contribution is 0.0510. The lowest BCUT2D eigenvalue weighted by atomic mass is 9.94. The van der Waals surface area contributed by atoms with Crippen LogP contribution >= 0.6 is 0 Å². The average Bonchev–Trinajstić information content (AvgIpc) is 1.65. The number of rotatable bonds is 2. The van der Waals surface area contributed by atoms with Gasteiger partial charge in [0.25, 0.3) is 0 Å². The van der Waals surface area contributed by atoms with E-state index in [0.29, 0.717) is 0 Å². The Bertz CT molecular complexity index is 103. The van der Waals surface area contributed by atoms with Crippen LogP contribution in [0.5, 0.6) is 0 Å². The second-order valence-electron chi connectivity index (χ2n) is 2.62. The summed E-state index contributed by atoms with van der Waals surface area (Å²) in [6.07, 6.45) is 0.887. The minimum Gasteiger partial charge on any atom is -0.210 e. The lowest BCUT2D eigenvalue weighted by Gasteiger charge is -2.17.